The lowest BCUT2D eigenvalue weighted by atomic mass is 10.2. The second-order valence-corrected chi connectivity index (χ2v) is 4.85. The third kappa shape index (κ3) is 5.03. The van der Waals surface area contributed by atoms with Crippen LogP contribution in [0.3, 0.4) is 0 Å². The molecule has 0 bridgehead atoms. The zero-order chi connectivity index (χ0) is 12.8. The minimum atomic E-state index is 0. The van der Waals surface area contributed by atoms with E-state index in [1.807, 2.05) is 30.7 Å². The molecule has 0 fully saturated rings. The fourth-order valence-electron chi connectivity index (χ4n) is 1.72. The predicted molar refractivity (Wildman–Crippen MR) is 75.0 cm³/mol. The molecule has 19 heavy (non-hydrogen) atoms. The van der Waals surface area contributed by atoms with Crippen LogP contribution in [0.1, 0.15) is 12.0 Å². The molecule has 0 amide bonds. The van der Waals surface area contributed by atoms with Gasteiger partial charge in [-0.2, -0.15) is 0 Å². The van der Waals surface area contributed by atoms with Crippen LogP contribution in [0.2, 0.25) is 10.0 Å². The van der Waals surface area contributed by atoms with Crippen LogP contribution in [0.15, 0.2) is 36.9 Å². The first-order valence-electron chi connectivity index (χ1n) is 5.86. The predicted octanol–water partition coefficient (Wildman–Crippen LogP) is 0.374. The summed E-state index contributed by atoms with van der Waals surface area (Å²) < 4.78 is 2.06. The van der Waals surface area contributed by atoms with Gasteiger partial charge in [0.15, 0.2) is 0 Å². The van der Waals surface area contributed by atoms with Gasteiger partial charge in [0, 0.05) is 41.1 Å². The Kier molecular flexibility index (Phi) is 7.24. The highest BCUT2D eigenvalue weighted by Gasteiger charge is 2.04. The SMILES string of the molecule is Clc1cccc(Cl)c1CNCCCn1ccnc1.[Cl-]. The molecule has 0 aliphatic rings. The molecule has 2 aromatic rings. The normalized spacial score (nSPS) is 10.2. The van der Waals surface area contributed by atoms with E-state index in [0.29, 0.717) is 16.6 Å². The number of nitrogens with one attached hydrogen (secondary N) is 1. The molecule has 0 saturated heterocycles. The number of nitrogens with zero attached hydrogens (tertiary/aromatic N) is 2. The van der Waals surface area contributed by atoms with Gasteiger partial charge in [-0.05, 0) is 25.1 Å². The van der Waals surface area contributed by atoms with Crippen LogP contribution < -0.4 is 17.7 Å². The third-order valence-corrected chi connectivity index (χ3v) is 3.40. The summed E-state index contributed by atoms with van der Waals surface area (Å²) in [7, 11) is 0. The van der Waals surface area contributed by atoms with Gasteiger partial charge >= 0.3 is 0 Å². The van der Waals surface area contributed by atoms with E-state index in [2.05, 4.69) is 14.9 Å². The summed E-state index contributed by atoms with van der Waals surface area (Å²) in [6.07, 6.45) is 6.62. The summed E-state index contributed by atoms with van der Waals surface area (Å²) in [6, 6.07) is 5.57. The number of hydrogen-bond acceptors (Lipinski definition) is 2. The number of aromatic nitrogens is 2. The quantitative estimate of drug-likeness (QED) is 0.780. The zero-order valence-electron chi connectivity index (χ0n) is 10.3. The number of hydrogen-bond donors (Lipinski definition) is 1. The number of halogens is 3. The molecule has 0 atom stereocenters. The zero-order valence-corrected chi connectivity index (χ0v) is 12.6. The average molecular weight is 320 g/mol. The molecule has 6 heteroatoms. The lowest BCUT2D eigenvalue weighted by Crippen LogP contribution is -3.00. The highest BCUT2D eigenvalue weighted by Crippen LogP contribution is 2.23. The van der Waals surface area contributed by atoms with Crippen molar-refractivity contribution in [1.82, 2.24) is 14.9 Å². The number of aryl methyl sites for hydroxylation is 1. The summed E-state index contributed by atoms with van der Waals surface area (Å²) in [5, 5.41) is 4.77. The van der Waals surface area contributed by atoms with Crippen molar-refractivity contribution < 1.29 is 12.4 Å². The molecular formula is C13H15Cl3N3-. The largest absolute Gasteiger partial charge is 1.00 e. The van der Waals surface area contributed by atoms with Crippen LogP contribution in [0.5, 0.6) is 0 Å². The third-order valence-electron chi connectivity index (χ3n) is 2.69. The first-order chi connectivity index (χ1) is 8.77. The highest BCUT2D eigenvalue weighted by atomic mass is 35.5. The summed E-state index contributed by atoms with van der Waals surface area (Å²) in [6.45, 7) is 2.57. The number of benzene rings is 1. The van der Waals surface area contributed by atoms with Crippen molar-refractivity contribution in [3.63, 3.8) is 0 Å². The molecule has 104 valence electrons. The number of rotatable bonds is 6. The Morgan fingerprint density at radius 1 is 1.21 bits per heavy atom. The Morgan fingerprint density at radius 3 is 2.58 bits per heavy atom. The van der Waals surface area contributed by atoms with Gasteiger partial charge in [0.05, 0.1) is 6.33 Å². The second kappa shape index (κ2) is 8.43. The fourth-order valence-corrected chi connectivity index (χ4v) is 2.25. The first kappa shape index (κ1) is 16.3. The molecule has 2 rings (SSSR count). The Labute approximate surface area is 129 Å². The van der Waals surface area contributed by atoms with Crippen molar-refractivity contribution in [3.05, 3.63) is 52.5 Å². The van der Waals surface area contributed by atoms with Crippen LogP contribution in [-0.2, 0) is 13.1 Å². The minimum absolute atomic E-state index is 0. The molecule has 0 aliphatic heterocycles. The van der Waals surface area contributed by atoms with Gasteiger partial charge in [0.25, 0.3) is 0 Å². The van der Waals surface area contributed by atoms with Gasteiger partial charge in [-0.25, -0.2) is 4.98 Å². The Balaban J connectivity index is 0.00000180. The molecule has 1 aromatic heterocycles. The Hall–Kier alpha value is -0.740. The van der Waals surface area contributed by atoms with E-state index in [9.17, 15) is 0 Å². The van der Waals surface area contributed by atoms with Crippen LogP contribution in [0.4, 0.5) is 0 Å². The van der Waals surface area contributed by atoms with Gasteiger partial charge < -0.3 is 22.3 Å². The summed E-state index contributed by atoms with van der Waals surface area (Å²) in [5.41, 5.74) is 0.962. The van der Waals surface area contributed by atoms with Gasteiger partial charge in [-0.3, -0.25) is 0 Å². The molecule has 0 spiro atoms. The fraction of sp³-hybridized carbons (Fsp3) is 0.308. The van der Waals surface area contributed by atoms with Crippen molar-refractivity contribution in [1.29, 1.82) is 0 Å². The van der Waals surface area contributed by atoms with E-state index < -0.39 is 0 Å². The minimum Gasteiger partial charge on any atom is -1.00 e. The second-order valence-electron chi connectivity index (χ2n) is 4.03. The lowest BCUT2D eigenvalue weighted by Gasteiger charge is -2.08. The average Bonchev–Trinajstić information content (AvgIpc) is 2.85. The van der Waals surface area contributed by atoms with E-state index in [0.717, 1.165) is 25.1 Å². The molecular weight excluding hydrogens is 305 g/mol. The molecule has 0 radical (unpaired) electrons. The molecule has 0 aliphatic carbocycles. The smallest absolute Gasteiger partial charge is 0.0945 e. The summed E-state index contributed by atoms with van der Waals surface area (Å²) in [4.78, 5) is 4.00. The highest BCUT2D eigenvalue weighted by molar-refractivity contribution is 6.35. The summed E-state index contributed by atoms with van der Waals surface area (Å²) in [5.74, 6) is 0. The van der Waals surface area contributed by atoms with E-state index in [-0.39, 0.29) is 12.4 Å². The van der Waals surface area contributed by atoms with Gasteiger partial charge in [-0.1, -0.05) is 29.3 Å². The van der Waals surface area contributed by atoms with Crippen molar-refractivity contribution in [2.75, 3.05) is 6.54 Å². The Morgan fingerprint density at radius 2 is 1.95 bits per heavy atom. The van der Waals surface area contributed by atoms with Crippen LogP contribution in [0, 0.1) is 0 Å². The summed E-state index contributed by atoms with van der Waals surface area (Å²) >= 11 is 12.2. The lowest BCUT2D eigenvalue weighted by molar-refractivity contribution is -0.00000359. The maximum absolute atomic E-state index is 6.09. The topological polar surface area (TPSA) is 29.9 Å². The van der Waals surface area contributed by atoms with E-state index >= 15 is 0 Å². The maximum atomic E-state index is 6.09. The maximum Gasteiger partial charge on any atom is 0.0945 e. The standard InChI is InChI=1S/C13H15Cl2N3.ClH/c14-12-3-1-4-13(15)11(12)9-16-5-2-7-18-8-6-17-10-18;/h1,3-4,6,8,10,16H,2,5,7,9H2;1H/p-1. The molecule has 0 unspecified atom stereocenters. The molecule has 0 saturated carbocycles. The molecule has 1 N–H and O–H groups in total. The Bertz CT molecular complexity index is 466. The van der Waals surface area contributed by atoms with Gasteiger partial charge in [0.1, 0.15) is 0 Å². The molecule has 3 nitrogen and oxygen atoms in total. The molecule has 1 aromatic carbocycles. The van der Waals surface area contributed by atoms with Crippen LogP contribution in [-0.4, -0.2) is 16.1 Å². The molecule has 1 heterocycles. The van der Waals surface area contributed by atoms with E-state index in [1.54, 1.807) is 6.20 Å². The monoisotopic (exact) mass is 318 g/mol. The van der Waals surface area contributed by atoms with Crippen molar-refractivity contribution in [3.8, 4) is 0 Å². The van der Waals surface area contributed by atoms with Gasteiger partial charge in [0.2, 0.25) is 0 Å². The van der Waals surface area contributed by atoms with E-state index in [1.165, 1.54) is 0 Å². The van der Waals surface area contributed by atoms with Crippen molar-refractivity contribution in [2.45, 2.75) is 19.5 Å². The van der Waals surface area contributed by atoms with Crippen molar-refractivity contribution in [2.24, 2.45) is 0 Å². The first-order valence-corrected chi connectivity index (χ1v) is 6.62. The van der Waals surface area contributed by atoms with Crippen molar-refractivity contribution >= 4 is 23.2 Å². The van der Waals surface area contributed by atoms with Crippen LogP contribution >= 0.6 is 23.2 Å². The van der Waals surface area contributed by atoms with E-state index in [4.69, 9.17) is 23.2 Å². The number of imidazole rings is 1. The van der Waals surface area contributed by atoms with Gasteiger partial charge in [-0.15, -0.1) is 0 Å². The van der Waals surface area contributed by atoms with Crippen LogP contribution in [0.25, 0.3) is 0 Å².